The third-order valence-corrected chi connectivity index (χ3v) is 2.56. The van der Waals surface area contributed by atoms with Gasteiger partial charge in [0.1, 0.15) is 5.82 Å². The Bertz CT molecular complexity index is 511. The van der Waals surface area contributed by atoms with E-state index < -0.39 is 0 Å². The molecule has 0 unspecified atom stereocenters. The SMILES string of the molecule is Fc1cncc(CNc2cc(Cl)cc(Cl)c2)c1. The third-order valence-electron chi connectivity index (χ3n) is 2.12. The van der Waals surface area contributed by atoms with E-state index >= 15 is 0 Å². The van der Waals surface area contributed by atoms with E-state index in [1.54, 1.807) is 24.4 Å². The van der Waals surface area contributed by atoms with Gasteiger partial charge in [-0.15, -0.1) is 0 Å². The van der Waals surface area contributed by atoms with E-state index in [0.717, 1.165) is 11.3 Å². The van der Waals surface area contributed by atoms with Gasteiger partial charge in [-0.25, -0.2) is 4.39 Å². The number of halogens is 3. The van der Waals surface area contributed by atoms with E-state index in [4.69, 9.17) is 23.2 Å². The molecule has 0 saturated carbocycles. The van der Waals surface area contributed by atoms with Crippen molar-refractivity contribution in [2.24, 2.45) is 0 Å². The van der Waals surface area contributed by atoms with Gasteiger partial charge in [0.05, 0.1) is 6.20 Å². The molecular formula is C12H9Cl2FN2. The Morgan fingerprint density at radius 3 is 2.41 bits per heavy atom. The van der Waals surface area contributed by atoms with Crippen LogP contribution in [0.4, 0.5) is 10.1 Å². The molecule has 5 heteroatoms. The lowest BCUT2D eigenvalue weighted by molar-refractivity contribution is 0.619. The van der Waals surface area contributed by atoms with E-state index in [1.165, 1.54) is 12.3 Å². The molecule has 17 heavy (non-hydrogen) atoms. The number of hydrogen-bond donors (Lipinski definition) is 1. The average Bonchev–Trinajstić information content (AvgIpc) is 2.25. The largest absolute Gasteiger partial charge is 0.381 e. The van der Waals surface area contributed by atoms with Crippen molar-refractivity contribution >= 4 is 28.9 Å². The highest BCUT2D eigenvalue weighted by Gasteiger charge is 1.99. The molecule has 0 amide bonds. The van der Waals surface area contributed by atoms with Crippen LogP contribution in [0.1, 0.15) is 5.56 Å². The predicted molar refractivity (Wildman–Crippen MR) is 68.0 cm³/mol. The second-order valence-corrected chi connectivity index (χ2v) is 4.40. The molecule has 0 fully saturated rings. The molecule has 1 heterocycles. The quantitative estimate of drug-likeness (QED) is 0.907. The van der Waals surface area contributed by atoms with Gasteiger partial charge in [0.2, 0.25) is 0 Å². The first-order valence-electron chi connectivity index (χ1n) is 4.93. The lowest BCUT2D eigenvalue weighted by atomic mass is 10.2. The molecule has 0 spiro atoms. The monoisotopic (exact) mass is 270 g/mol. The van der Waals surface area contributed by atoms with Crippen LogP contribution in [0.15, 0.2) is 36.7 Å². The van der Waals surface area contributed by atoms with Crippen LogP contribution in [0.3, 0.4) is 0 Å². The van der Waals surface area contributed by atoms with Gasteiger partial charge in [0.25, 0.3) is 0 Å². The summed E-state index contributed by atoms with van der Waals surface area (Å²) in [6.45, 7) is 0.460. The number of nitrogens with one attached hydrogen (secondary N) is 1. The number of nitrogens with zero attached hydrogens (tertiary/aromatic N) is 1. The lowest BCUT2D eigenvalue weighted by Gasteiger charge is -2.07. The Balaban J connectivity index is 2.07. The second-order valence-electron chi connectivity index (χ2n) is 3.52. The van der Waals surface area contributed by atoms with Crippen molar-refractivity contribution in [2.75, 3.05) is 5.32 Å². The predicted octanol–water partition coefficient (Wildman–Crippen LogP) is 4.14. The van der Waals surface area contributed by atoms with Gasteiger partial charge in [0, 0.05) is 28.5 Å². The van der Waals surface area contributed by atoms with Crippen LogP contribution >= 0.6 is 23.2 Å². The second kappa shape index (κ2) is 5.34. The molecule has 1 aromatic carbocycles. The third kappa shape index (κ3) is 3.58. The molecule has 0 aliphatic rings. The fraction of sp³-hybridized carbons (Fsp3) is 0.0833. The highest BCUT2D eigenvalue weighted by molar-refractivity contribution is 6.35. The van der Waals surface area contributed by atoms with E-state index in [-0.39, 0.29) is 5.82 Å². The summed E-state index contributed by atoms with van der Waals surface area (Å²) in [4.78, 5) is 3.76. The van der Waals surface area contributed by atoms with E-state index in [9.17, 15) is 4.39 Å². The zero-order chi connectivity index (χ0) is 12.3. The normalized spacial score (nSPS) is 10.3. The Labute approximate surface area is 108 Å². The minimum atomic E-state index is -0.353. The zero-order valence-corrected chi connectivity index (χ0v) is 10.3. The molecule has 88 valence electrons. The Morgan fingerprint density at radius 1 is 1.06 bits per heavy atom. The summed E-state index contributed by atoms with van der Waals surface area (Å²) in [5, 5.41) is 4.20. The summed E-state index contributed by atoms with van der Waals surface area (Å²) in [5.74, 6) is -0.353. The molecule has 0 atom stereocenters. The fourth-order valence-corrected chi connectivity index (χ4v) is 1.94. The number of hydrogen-bond acceptors (Lipinski definition) is 2. The Hall–Kier alpha value is -1.32. The maximum absolute atomic E-state index is 12.9. The Kier molecular flexibility index (Phi) is 3.82. The van der Waals surface area contributed by atoms with Crippen LogP contribution in [0.2, 0.25) is 10.0 Å². The van der Waals surface area contributed by atoms with Crippen LogP contribution in [0.5, 0.6) is 0 Å². The van der Waals surface area contributed by atoms with Crippen LogP contribution in [-0.4, -0.2) is 4.98 Å². The van der Waals surface area contributed by atoms with E-state index in [2.05, 4.69) is 10.3 Å². The summed E-state index contributed by atoms with van der Waals surface area (Å²) in [6, 6.07) is 6.57. The van der Waals surface area contributed by atoms with Crippen LogP contribution in [-0.2, 0) is 6.54 Å². The van der Waals surface area contributed by atoms with Gasteiger partial charge in [-0.05, 0) is 29.8 Å². The summed E-state index contributed by atoms with van der Waals surface area (Å²) >= 11 is 11.7. The summed E-state index contributed by atoms with van der Waals surface area (Å²) in [7, 11) is 0. The van der Waals surface area contributed by atoms with Crippen molar-refractivity contribution in [1.29, 1.82) is 0 Å². The van der Waals surface area contributed by atoms with Gasteiger partial charge in [-0.1, -0.05) is 23.2 Å². The van der Waals surface area contributed by atoms with Crippen molar-refractivity contribution in [1.82, 2.24) is 4.98 Å². The number of rotatable bonds is 3. The van der Waals surface area contributed by atoms with Gasteiger partial charge in [0.15, 0.2) is 0 Å². The molecule has 2 nitrogen and oxygen atoms in total. The van der Waals surface area contributed by atoms with Crippen LogP contribution in [0.25, 0.3) is 0 Å². The van der Waals surface area contributed by atoms with Crippen molar-refractivity contribution in [3.8, 4) is 0 Å². The summed E-state index contributed by atoms with van der Waals surface area (Å²) < 4.78 is 12.9. The highest BCUT2D eigenvalue weighted by Crippen LogP contribution is 2.22. The van der Waals surface area contributed by atoms with Crippen LogP contribution < -0.4 is 5.32 Å². The maximum atomic E-state index is 12.9. The maximum Gasteiger partial charge on any atom is 0.141 e. The first-order valence-corrected chi connectivity index (χ1v) is 5.68. The standard InChI is InChI=1S/C12H9Cl2FN2/c13-9-2-10(14)4-12(3-9)17-6-8-1-11(15)7-16-5-8/h1-5,7,17H,6H2. The van der Waals surface area contributed by atoms with Gasteiger partial charge in [-0.2, -0.15) is 0 Å². The molecule has 2 aromatic rings. The molecular weight excluding hydrogens is 262 g/mol. The van der Waals surface area contributed by atoms with Gasteiger partial charge < -0.3 is 5.32 Å². The van der Waals surface area contributed by atoms with Gasteiger partial charge >= 0.3 is 0 Å². The molecule has 0 radical (unpaired) electrons. The smallest absolute Gasteiger partial charge is 0.141 e. The number of anilines is 1. The number of pyridine rings is 1. The summed E-state index contributed by atoms with van der Waals surface area (Å²) in [5.41, 5.74) is 1.54. The molecule has 1 aromatic heterocycles. The van der Waals surface area contributed by atoms with Crippen LogP contribution in [0, 0.1) is 5.82 Å². The molecule has 0 aliphatic carbocycles. The van der Waals surface area contributed by atoms with Crippen molar-refractivity contribution < 1.29 is 4.39 Å². The average molecular weight is 271 g/mol. The van der Waals surface area contributed by atoms with E-state index in [1.807, 2.05) is 0 Å². The lowest BCUT2D eigenvalue weighted by Crippen LogP contribution is -2.00. The Morgan fingerprint density at radius 2 is 1.76 bits per heavy atom. The zero-order valence-electron chi connectivity index (χ0n) is 8.75. The topological polar surface area (TPSA) is 24.9 Å². The van der Waals surface area contributed by atoms with Crippen molar-refractivity contribution in [3.63, 3.8) is 0 Å². The first-order chi connectivity index (χ1) is 8.13. The minimum absolute atomic E-state index is 0.353. The molecule has 0 bridgehead atoms. The highest BCUT2D eigenvalue weighted by atomic mass is 35.5. The minimum Gasteiger partial charge on any atom is -0.381 e. The van der Waals surface area contributed by atoms with Crippen molar-refractivity contribution in [2.45, 2.75) is 6.54 Å². The molecule has 0 aliphatic heterocycles. The molecule has 1 N–H and O–H groups in total. The first kappa shape index (κ1) is 12.1. The van der Waals surface area contributed by atoms with Gasteiger partial charge in [-0.3, -0.25) is 4.98 Å². The number of benzene rings is 1. The van der Waals surface area contributed by atoms with E-state index in [0.29, 0.717) is 16.6 Å². The number of aromatic nitrogens is 1. The fourth-order valence-electron chi connectivity index (χ4n) is 1.41. The molecule has 0 saturated heterocycles. The van der Waals surface area contributed by atoms with Crippen molar-refractivity contribution in [3.05, 3.63) is 58.1 Å². The molecule has 2 rings (SSSR count). The summed E-state index contributed by atoms with van der Waals surface area (Å²) in [6.07, 6.45) is 2.77.